The number of methoxy groups -OCH3 is 1. The zero-order valence-electron chi connectivity index (χ0n) is 16.4. The fourth-order valence-electron chi connectivity index (χ4n) is 2.75. The summed E-state index contributed by atoms with van der Waals surface area (Å²) in [6, 6.07) is 12.4. The number of thiazole rings is 1. The van der Waals surface area contributed by atoms with Gasteiger partial charge in [-0.25, -0.2) is 0 Å². The SMILES string of the molecule is COc1cc(CCOc2ccc(Cc3sc(=O)[nH]c3O)cc2)ccc1OS(C)(=O)=O. The highest BCUT2D eigenvalue weighted by Crippen LogP contribution is 2.29. The Hall–Kier alpha value is -2.98. The lowest BCUT2D eigenvalue weighted by molar-refractivity contribution is 0.321. The Kier molecular flexibility index (Phi) is 6.68. The molecule has 1 aromatic heterocycles. The zero-order chi connectivity index (χ0) is 21.7. The largest absolute Gasteiger partial charge is 0.494 e. The van der Waals surface area contributed by atoms with Gasteiger partial charge >= 0.3 is 15.0 Å². The van der Waals surface area contributed by atoms with E-state index in [1.165, 1.54) is 7.11 Å². The number of aromatic amines is 1. The number of rotatable bonds is 9. The Balaban J connectivity index is 1.56. The standard InChI is InChI=1S/C20H21NO7S2/c1-26-17-11-14(5-8-16(17)28-30(2,24)25)9-10-27-15-6-3-13(4-7-15)12-18-19(22)21-20(23)29-18/h3-8,11,22H,9-10,12H2,1-2H3,(H,21,23). The minimum Gasteiger partial charge on any atom is -0.494 e. The molecule has 10 heteroatoms. The first-order valence-electron chi connectivity index (χ1n) is 8.92. The summed E-state index contributed by atoms with van der Waals surface area (Å²) in [5.41, 5.74) is 1.85. The number of hydrogen-bond acceptors (Lipinski definition) is 8. The van der Waals surface area contributed by atoms with Crippen molar-refractivity contribution >= 4 is 21.5 Å². The number of benzene rings is 2. The van der Waals surface area contributed by atoms with Crippen molar-refractivity contribution in [1.29, 1.82) is 0 Å². The van der Waals surface area contributed by atoms with Gasteiger partial charge in [0.1, 0.15) is 5.75 Å². The number of ether oxygens (including phenoxy) is 2. The summed E-state index contributed by atoms with van der Waals surface area (Å²) in [6.45, 7) is 0.412. The summed E-state index contributed by atoms with van der Waals surface area (Å²) in [6.07, 6.45) is 2.02. The smallest absolute Gasteiger partial charge is 0.307 e. The van der Waals surface area contributed by atoms with Crippen LogP contribution in [0.15, 0.2) is 47.3 Å². The van der Waals surface area contributed by atoms with E-state index < -0.39 is 10.1 Å². The van der Waals surface area contributed by atoms with Crippen LogP contribution in [-0.4, -0.2) is 38.5 Å². The quantitative estimate of drug-likeness (QED) is 0.481. The molecule has 0 unspecified atom stereocenters. The first kappa shape index (κ1) is 21.7. The molecule has 0 radical (unpaired) electrons. The fraction of sp³-hybridized carbons (Fsp3) is 0.250. The van der Waals surface area contributed by atoms with Crippen molar-refractivity contribution in [3.8, 4) is 23.1 Å². The van der Waals surface area contributed by atoms with Gasteiger partial charge in [-0.05, 0) is 35.4 Å². The molecule has 0 aliphatic heterocycles. The van der Waals surface area contributed by atoms with Gasteiger partial charge in [-0.2, -0.15) is 8.42 Å². The van der Waals surface area contributed by atoms with Gasteiger partial charge in [-0.1, -0.05) is 29.5 Å². The molecule has 30 heavy (non-hydrogen) atoms. The molecule has 0 fully saturated rings. The second-order valence-corrected chi connectivity index (χ2v) is 9.12. The number of H-pyrrole nitrogens is 1. The van der Waals surface area contributed by atoms with Crippen LogP contribution < -0.4 is 18.5 Å². The molecule has 0 aliphatic carbocycles. The Morgan fingerprint density at radius 2 is 1.77 bits per heavy atom. The molecule has 0 saturated heterocycles. The predicted molar refractivity (Wildman–Crippen MR) is 114 cm³/mol. The maximum absolute atomic E-state index is 11.3. The molecule has 0 atom stereocenters. The van der Waals surface area contributed by atoms with Crippen molar-refractivity contribution in [2.75, 3.05) is 20.0 Å². The molecule has 160 valence electrons. The third-order valence-corrected chi connectivity index (χ3v) is 5.47. The highest BCUT2D eigenvalue weighted by molar-refractivity contribution is 7.86. The van der Waals surface area contributed by atoms with Gasteiger partial charge in [0.2, 0.25) is 5.88 Å². The van der Waals surface area contributed by atoms with Crippen LogP contribution in [0, 0.1) is 0 Å². The van der Waals surface area contributed by atoms with E-state index in [4.69, 9.17) is 13.7 Å². The van der Waals surface area contributed by atoms with Gasteiger partial charge in [-0.15, -0.1) is 0 Å². The van der Waals surface area contributed by atoms with Gasteiger partial charge in [-0.3, -0.25) is 9.78 Å². The lowest BCUT2D eigenvalue weighted by atomic mass is 10.1. The third kappa shape index (κ3) is 6.01. The van der Waals surface area contributed by atoms with Gasteiger partial charge in [0.25, 0.3) is 0 Å². The van der Waals surface area contributed by atoms with Crippen molar-refractivity contribution in [3.05, 3.63) is 68.1 Å². The average molecular weight is 452 g/mol. The second kappa shape index (κ2) is 9.23. The molecule has 0 spiro atoms. The maximum Gasteiger partial charge on any atom is 0.307 e. The molecular formula is C20H21NO7S2. The summed E-state index contributed by atoms with van der Waals surface area (Å²) < 4.78 is 38.5. The zero-order valence-corrected chi connectivity index (χ0v) is 18.0. The number of hydrogen-bond donors (Lipinski definition) is 2. The lowest BCUT2D eigenvalue weighted by Gasteiger charge is -2.11. The molecule has 1 heterocycles. The van der Waals surface area contributed by atoms with Crippen molar-refractivity contribution < 1.29 is 27.2 Å². The minimum absolute atomic E-state index is 0.0892. The van der Waals surface area contributed by atoms with Crippen LogP contribution in [0.4, 0.5) is 0 Å². The third-order valence-electron chi connectivity index (χ3n) is 4.12. The highest BCUT2D eigenvalue weighted by Gasteiger charge is 2.12. The van der Waals surface area contributed by atoms with E-state index in [9.17, 15) is 18.3 Å². The van der Waals surface area contributed by atoms with E-state index in [0.29, 0.717) is 35.8 Å². The minimum atomic E-state index is -3.64. The topological polar surface area (TPSA) is 115 Å². The van der Waals surface area contributed by atoms with Gasteiger partial charge in [0, 0.05) is 12.8 Å². The monoisotopic (exact) mass is 451 g/mol. The van der Waals surface area contributed by atoms with Crippen LogP contribution in [0.5, 0.6) is 23.1 Å². The summed E-state index contributed by atoms with van der Waals surface area (Å²) in [4.78, 5) is 13.9. The van der Waals surface area contributed by atoms with Gasteiger partial charge in [0.05, 0.1) is 24.8 Å². The predicted octanol–water partition coefficient (Wildman–Crippen LogP) is 2.70. The number of nitrogens with one attached hydrogen (secondary N) is 1. The Morgan fingerprint density at radius 3 is 2.37 bits per heavy atom. The Morgan fingerprint density at radius 1 is 1.07 bits per heavy atom. The first-order valence-corrected chi connectivity index (χ1v) is 11.6. The summed E-state index contributed by atoms with van der Waals surface area (Å²) >= 11 is 0.987. The summed E-state index contributed by atoms with van der Waals surface area (Å²) in [5, 5.41) is 9.67. The average Bonchev–Trinajstić information content (AvgIpc) is 3.00. The highest BCUT2D eigenvalue weighted by atomic mass is 32.2. The number of aromatic hydroxyl groups is 1. The Labute approximate surface area is 177 Å². The summed E-state index contributed by atoms with van der Waals surface area (Å²) in [7, 11) is -2.19. The molecule has 3 aromatic rings. The normalized spacial score (nSPS) is 11.3. The van der Waals surface area contributed by atoms with Crippen LogP contribution in [0.2, 0.25) is 0 Å². The molecule has 0 bridgehead atoms. The molecule has 0 saturated carbocycles. The van der Waals surface area contributed by atoms with E-state index in [1.807, 2.05) is 24.3 Å². The van der Waals surface area contributed by atoms with Crippen LogP contribution in [0.25, 0.3) is 0 Å². The maximum atomic E-state index is 11.3. The van der Waals surface area contributed by atoms with Crippen molar-refractivity contribution in [3.63, 3.8) is 0 Å². The molecule has 0 aliphatic rings. The molecule has 3 rings (SSSR count). The van der Waals surface area contributed by atoms with E-state index >= 15 is 0 Å². The van der Waals surface area contributed by atoms with E-state index in [-0.39, 0.29) is 16.5 Å². The van der Waals surface area contributed by atoms with E-state index in [0.717, 1.165) is 28.7 Å². The second-order valence-electron chi connectivity index (χ2n) is 6.48. The molecule has 8 nitrogen and oxygen atoms in total. The van der Waals surface area contributed by atoms with E-state index in [1.54, 1.807) is 18.2 Å². The van der Waals surface area contributed by atoms with Crippen molar-refractivity contribution in [1.82, 2.24) is 4.98 Å². The van der Waals surface area contributed by atoms with Crippen LogP contribution in [0.1, 0.15) is 16.0 Å². The van der Waals surface area contributed by atoms with Gasteiger partial charge < -0.3 is 18.8 Å². The molecule has 2 N–H and O–H groups in total. The lowest BCUT2D eigenvalue weighted by Crippen LogP contribution is -2.07. The van der Waals surface area contributed by atoms with Crippen molar-refractivity contribution in [2.24, 2.45) is 0 Å². The van der Waals surface area contributed by atoms with Crippen molar-refractivity contribution in [2.45, 2.75) is 12.8 Å². The first-order chi connectivity index (χ1) is 14.2. The van der Waals surface area contributed by atoms with Crippen LogP contribution in [0.3, 0.4) is 0 Å². The number of aromatic nitrogens is 1. The van der Waals surface area contributed by atoms with Gasteiger partial charge in [0.15, 0.2) is 11.5 Å². The molecule has 2 aromatic carbocycles. The molecular weight excluding hydrogens is 430 g/mol. The van der Waals surface area contributed by atoms with Crippen LogP contribution >= 0.6 is 11.3 Å². The van der Waals surface area contributed by atoms with E-state index in [2.05, 4.69) is 4.98 Å². The van der Waals surface area contributed by atoms with Crippen LogP contribution in [-0.2, 0) is 23.0 Å². The summed E-state index contributed by atoms with van der Waals surface area (Å²) in [5.74, 6) is 1.07. The molecule has 0 amide bonds. The Bertz CT molecular complexity index is 1160. The fourth-order valence-corrected chi connectivity index (χ4v) is 3.97.